The van der Waals surface area contributed by atoms with Gasteiger partial charge in [0.15, 0.2) is 0 Å². The summed E-state index contributed by atoms with van der Waals surface area (Å²) in [5.74, 6) is -0.0727. The first-order valence-corrected chi connectivity index (χ1v) is 7.62. The zero-order chi connectivity index (χ0) is 16.7. The molecule has 24 heavy (non-hydrogen) atoms. The Hall–Kier alpha value is -3.22. The zero-order valence-electron chi connectivity index (χ0n) is 12.8. The summed E-state index contributed by atoms with van der Waals surface area (Å²) >= 11 is 0. The standard InChI is InChI=1S/C17H14N4O3/c22-17(19-8-7-12-3-1-2-4-15(12)19)11-20-16-9-14(21(23)24)6-5-13(16)10-18-20/h1-6,9-10H,7-8,11H2. The number of fused-ring (bicyclic) bond motifs is 2. The molecule has 1 amide bonds. The first-order chi connectivity index (χ1) is 11.6. The van der Waals surface area contributed by atoms with Gasteiger partial charge in [0.1, 0.15) is 6.54 Å². The number of rotatable bonds is 3. The van der Waals surface area contributed by atoms with E-state index in [-0.39, 0.29) is 18.1 Å². The van der Waals surface area contributed by atoms with E-state index in [0.29, 0.717) is 12.1 Å². The first-order valence-electron chi connectivity index (χ1n) is 7.62. The van der Waals surface area contributed by atoms with Crippen molar-refractivity contribution in [3.05, 3.63) is 64.3 Å². The summed E-state index contributed by atoms with van der Waals surface area (Å²) in [6.07, 6.45) is 2.46. The van der Waals surface area contributed by atoms with Crippen molar-refractivity contribution in [1.29, 1.82) is 0 Å². The summed E-state index contributed by atoms with van der Waals surface area (Å²) in [4.78, 5) is 24.9. The maximum atomic E-state index is 12.7. The number of nitro benzene ring substituents is 1. The van der Waals surface area contributed by atoms with Crippen LogP contribution in [0.5, 0.6) is 0 Å². The second-order valence-corrected chi connectivity index (χ2v) is 5.73. The molecule has 7 nitrogen and oxygen atoms in total. The van der Waals surface area contributed by atoms with Gasteiger partial charge in [-0.05, 0) is 24.1 Å². The van der Waals surface area contributed by atoms with Gasteiger partial charge in [0.25, 0.3) is 5.69 Å². The highest BCUT2D eigenvalue weighted by atomic mass is 16.6. The molecule has 0 saturated carbocycles. The lowest BCUT2D eigenvalue weighted by atomic mass is 10.2. The maximum Gasteiger partial charge on any atom is 0.271 e. The van der Waals surface area contributed by atoms with Crippen molar-refractivity contribution >= 4 is 28.2 Å². The topological polar surface area (TPSA) is 81.3 Å². The predicted molar refractivity (Wildman–Crippen MR) is 88.9 cm³/mol. The van der Waals surface area contributed by atoms with Crippen molar-refractivity contribution in [2.24, 2.45) is 0 Å². The van der Waals surface area contributed by atoms with E-state index in [4.69, 9.17) is 0 Å². The largest absolute Gasteiger partial charge is 0.310 e. The van der Waals surface area contributed by atoms with Gasteiger partial charge in [0, 0.05) is 29.8 Å². The van der Waals surface area contributed by atoms with E-state index in [9.17, 15) is 14.9 Å². The summed E-state index contributed by atoms with van der Waals surface area (Å²) in [6.45, 7) is 0.705. The molecule has 1 aromatic heterocycles. The average Bonchev–Trinajstić information content (AvgIpc) is 3.18. The van der Waals surface area contributed by atoms with Gasteiger partial charge >= 0.3 is 0 Å². The fourth-order valence-corrected chi connectivity index (χ4v) is 3.11. The van der Waals surface area contributed by atoms with Gasteiger partial charge in [0.2, 0.25) is 5.91 Å². The normalized spacial score (nSPS) is 13.2. The highest BCUT2D eigenvalue weighted by Crippen LogP contribution is 2.28. The van der Waals surface area contributed by atoms with E-state index in [1.165, 1.54) is 16.8 Å². The predicted octanol–water partition coefficient (Wildman–Crippen LogP) is 2.53. The van der Waals surface area contributed by atoms with E-state index in [0.717, 1.165) is 23.1 Å². The van der Waals surface area contributed by atoms with Crippen LogP contribution in [0.4, 0.5) is 11.4 Å². The zero-order valence-corrected chi connectivity index (χ0v) is 12.8. The van der Waals surface area contributed by atoms with Crippen molar-refractivity contribution < 1.29 is 9.72 Å². The molecule has 0 aliphatic carbocycles. The molecular formula is C17H14N4O3. The number of aromatic nitrogens is 2. The summed E-state index contributed by atoms with van der Waals surface area (Å²) in [5, 5.41) is 15.9. The molecule has 7 heteroatoms. The molecule has 0 fully saturated rings. The number of nitro groups is 1. The molecule has 0 N–H and O–H groups in total. The third-order valence-corrected chi connectivity index (χ3v) is 4.31. The van der Waals surface area contributed by atoms with Gasteiger partial charge in [-0.15, -0.1) is 0 Å². The number of para-hydroxylation sites is 1. The Balaban J connectivity index is 1.64. The van der Waals surface area contributed by atoms with Gasteiger partial charge in [-0.1, -0.05) is 18.2 Å². The lowest BCUT2D eigenvalue weighted by molar-refractivity contribution is -0.384. The van der Waals surface area contributed by atoms with Crippen LogP contribution < -0.4 is 4.90 Å². The molecule has 2 aromatic carbocycles. The molecule has 0 saturated heterocycles. The average molecular weight is 322 g/mol. The van der Waals surface area contributed by atoms with Crippen LogP contribution in [0.3, 0.4) is 0 Å². The molecule has 1 aliphatic rings. The summed E-state index contributed by atoms with van der Waals surface area (Å²) < 4.78 is 1.52. The van der Waals surface area contributed by atoms with Crippen LogP contribution in [-0.4, -0.2) is 27.2 Å². The van der Waals surface area contributed by atoms with Gasteiger partial charge in [-0.3, -0.25) is 19.6 Å². The molecule has 0 bridgehead atoms. The number of amides is 1. The van der Waals surface area contributed by atoms with Crippen molar-refractivity contribution in [2.45, 2.75) is 13.0 Å². The van der Waals surface area contributed by atoms with Crippen LogP contribution in [0.1, 0.15) is 5.56 Å². The third-order valence-electron chi connectivity index (χ3n) is 4.31. The van der Waals surface area contributed by atoms with Crippen LogP contribution >= 0.6 is 0 Å². The lowest BCUT2D eigenvalue weighted by Crippen LogP contribution is -2.32. The van der Waals surface area contributed by atoms with Crippen LogP contribution in [0.25, 0.3) is 10.9 Å². The Morgan fingerprint density at radius 2 is 2.08 bits per heavy atom. The van der Waals surface area contributed by atoms with Crippen molar-refractivity contribution in [2.75, 3.05) is 11.4 Å². The fourth-order valence-electron chi connectivity index (χ4n) is 3.11. The Morgan fingerprint density at radius 1 is 1.25 bits per heavy atom. The highest BCUT2D eigenvalue weighted by molar-refractivity contribution is 5.96. The number of carbonyl (C=O) groups excluding carboxylic acids is 1. The molecule has 1 aliphatic heterocycles. The van der Waals surface area contributed by atoms with Gasteiger partial charge in [-0.25, -0.2) is 0 Å². The Labute approximate surface area is 137 Å². The van der Waals surface area contributed by atoms with Gasteiger partial charge in [0.05, 0.1) is 16.6 Å². The summed E-state index contributed by atoms with van der Waals surface area (Å²) in [6, 6.07) is 12.4. The highest BCUT2D eigenvalue weighted by Gasteiger charge is 2.24. The van der Waals surface area contributed by atoms with E-state index in [1.807, 2.05) is 24.3 Å². The Bertz CT molecular complexity index is 963. The maximum absolute atomic E-state index is 12.7. The molecule has 4 rings (SSSR count). The molecule has 0 unspecified atom stereocenters. The number of non-ortho nitro benzene ring substituents is 1. The first kappa shape index (κ1) is 14.4. The molecule has 3 aromatic rings. The van der Waals surface area contributed by atoms with Crippen LogP contribution in [0.2, 0.25) is 0 Å². The number of hydrogen-bond donors (Lipinski definition) is 0. The van der Waals surface area contributed by atoms with Crippen molar-refractivity contribution in [3.63, 3.8) is 0 Å². The molecule has 0 atom stereocenters. The van der Waals surface area contributed by atoms with E-state index >= 15 is 0 Å². The SMILES string of the molecule is O=C(Cn1ncc2ccc([N+](=O)[O-])cc21)N1CCc2ccccc21. The molecule has 0 radical (unpaired) electrons. The summed E-state index contributed by atoms with van der Waals surface area (Å²) in [7, 11) is 0. The second-order valence-electron chi connectivity index (χ2n) is 5.73. The second kappa shape index (κ2) is 5.45. The number of benzene rings is 2. The van der Waals surface area contributed by atoms with Gasteiger partial charge < -0.3 is 4.90 Å². The minimum Gasteiger partial charge on any atom is -0.310 e. The van der Waals surface area contributed by atoms with Crippen LogP contribution in [-0.2, 0) is 17.8 Å². The lowest BCUT2D eigenvalue weighted by Gasteiger charge is -2.17. The summed E-state index contributed by atoms with van der Waals surface area (Å²) in [5.41, 5.74) is 2.67. The monoisotopic (exact) mass is 322 g/mol. The molecular weight excluding hydrogens is 308 g/mol. The number of anilines is 1. The third kappa shape index (κ3) is 2.30. The Kier molecular flexibility index (Phi) is 3.26. The minimum atomic E-state index is -0.449. The van der Waals surface area contributed by atoms with E-state index < -0.39 is 4.92 Å². The molecule has 0 spiro atoms. The van der Waals surface area contributed by atoms with Crippen molar-refractivity contribution in [1.82, 2.24) is 9.78 Å². The number of hydrogen-bond acceptors (Lipinski definition) is 4. The van der Waals surface area contributed by atoms with Gasteiger partial charge in [-0.2, -0.15) is 5.10 Å². The quantitative estimate of drug-likeness (QED) is 0.548. The molecule has 2 heterocycles. The Morgan fingerprint density at radius 3 is 2.92 bits per heavy atom. The fraction of sp³-hybridized carbons (Fsp3) is 0.176. The smallest absolute Gasteiger partial charge is 0.271 e. The van der Waals surface area contributed by atoms with Crippen LogP contribution in [0, 0.1) is 10.1 Å². The van der Waals surface area contributed by atoms with E-state index in [1.54, 1.807) is 17.2 Å². The van der Waals surface area contributed by atoms with Crippen molar-refractivity contribution in [3.8, 4) is 0 Å². The number of carbonyl (C=O) groups is 1. The number of nitrogens with zero attached hydrogens (tertiary/aromatic N) is 4. The van der Waals surface area contributed by atoms with Crippen LogP contribution in [0.15, 0.2) is 48.7 Å². The molecule has 120 valence electrons. The minimum absolute atomic E-state index is 0.0109. The van der Waals surface area contributed by atoms with E-state index in [2.05, 4.69) is 5.10 Å².